The van der Waals surface area contributed by atoms with Crippen LogP contribution in [0.3, 0.4) is 0 Å². The number of hydrogen-bond donors (Lipinski definition) is 1. The van der Waals surface area contributed by atoms with Gasteiger partial charge in [0.15, 0.2) is 5.82 Å². The van der Waals surface area contributed by atoms with Crippen LogP contribution in [0.4, 0.5) is 10.6 Å². The molecule has 33 heavy (non-hydrogen) atoms. The first-order valence-corrected chi connectivity index (χ1v) is 11.9. The van der Waals surface area contributed by atoms with Gasteiger partial charge in [0.2, 0.25) is 5.91 Å². The topological polar surface area (TPSA) is 81.7 Å². The largest absolute Gasteiger partial charge is 0.352 e. The number of piperazine rings is 1. The molecule has 2 heterocycles. The maximum absolute atomic E-state index is 12.9. The van der Waals surface area contributed by atoms with Crippen LogP contribution >= 0.6 is 11.6 Å². The number of amides is 3. The summed E-state index contributed by atoms with van der Waals surface area (Å²) in [4.78, 5) is 30.9. The van der Waals surface area contributed by atoms with Crippen LogP contribution in [0.1, 0.15) is 27.2 Å². The van der Waals surface area contributed by atoms with Crippen LogP contribution in [0.2, 0.25) is 5.02 Å². The van der Waals surface area contributed by atoms with E-state index in [0.29, 0.717) is 44.3 Å². The van der Waals surface area contributed by atoms with E-state index in [1.54, 1.807) is 4.90 Å². The molecule has 1 aromatic heterocycles. The van der Waals surface area contributed by atoms with E-state index in [4.69, 9.17) is 11.6 Å². The van der Waals surface area contributed by atoms with E-state index < -0.39 is 0 Å². The molecule has 0 atom stereocenters. The lowest BCUT2D eigenvalue weighted by Crippen LogP contribution is -2.53. The van der Waals surface area contributed by atoms with Crippen molar-refractivity contribution in [1.82, 2.24) is 25.3 Å². The zero-order valence-corrected chi connectivity index (χ0v) is 20.4. The van der Waals surface area contributed by atoms with Gasteiger partial charge in [0, 0.05) is 44.8 Å². The maximum Gasteiger partial charge on any atom is 0.317 e. The fourth-order valence-corrected chi connectivity index (χ4v) is 3.99. The Morgan fingerprint density at radius 1 is 1.09 bits per heavy atom. The molecule has 0 aliphatic carbocycles. The molecule has 8 nitrogen and oxygen atoms in total. The van der Waals surface area contributed by atoms with Crippen molar-refractivity contribution in [2.75, 3.05) is 50.7 Å². The van der Waals surface area contributed by atoms with Crippen molar-refractivity contribution in [2.45, 2.75) is 27.2 Å². The zero-order valence-electron chi connectivity index (χ0n) is 19.6. The summed E-state index contributed by atoms with van der Waals surface area (Å²) in [5.74, 6) is 1.04. The van der Waals surface area contributed by atoms with Gasteiger partial charge in [0.25, 0.3) is 0 Å². The molecule has 9 heteroatoms. The molecular weight excluding hydrogens is 440 g/mol. The fraction of sp³-hybridized carbons (Fsp3) is 0.500. The number of rotatable bonds is 8. The zero-order chi connectivity index (χ0) is 23.8. The Labute approximate surface area is 200 Å². The lowest BCUT2D eigenvalue weighted by Gasteiger charge is -2.36. The standard InChI is InChI=1S/C24H33ClN6O2/c1-4-11-26-24(33)31(16-18(2)3)17-23(32)30-14-12-29(13-15-30)22-10-9-21(27-28-22)19-7-5-6-8-20(19)25/h5-10,18H,4,11-17H2,1-3H3,(H,26,33). The monoisotopic (exact) mass is 472 g/mol. The van der Waals surface area contributed by atoms with Gasteiger partial charge in [0.05, 0.1) is 10.7 Å². The molecule has 178 valence electrons. The minimum absolute atomic E-state index is 0.0258. The lowest BCUT2D eigenvalue weighted by atomic mass is 10.1. The van der Waals surface area contributed by atoms with Crippen molar-refractivity contribution in [3.63, 3.8) is 0 Å². The first-order valence-electron chi connectivity index (χ1n) is 11.5. The summed E-state index contributed by atoms with van der Waals surface area (Å²) in [5, 5.41) is 12.2. The summed E-state index contributed by atoms with van der Waals surface area (Å²) in [6.45, 7) is 9.84. The highest BCUT2D eigenvalue weighted by atomic mass is 35.5. The van der Waals surface area contributed by atoms with Crippen LogP contribution in [-0.4, -0.2) is 77.7 Å². The number of nitrogens with zero attached hydrogens (tertiary/aromatic N) is 5. The fourth-order valence-electron chi connectivity index (χ4n) is 3.76. The number of halogens is 1. The van der Waals surface area contributed by atoms with E-state index in [1.807, 2.05) is 62.1 Å². The number of carbonyl (C=O) groups is 2. The van der Waals surface area contributed by atoms with E-state index >= 15 is 0 Å². The predicted octanol–water partition coefficient (Wildman–Crippen LogP) is 3.52. The van der Waals surface area contributed by atoms with Crippen molar-refractivity contribution in [2.24, 2.45) is 5.92 Å². The van der Waals surface area contributed by atoms with Gasteiger partial charge in [-0.05, 0) is 30.5 Å². The molecule has 0 radical (unpaired) electrons. The second kappa shape index (κ2) is 11.8. The number of urea groups is 1. The molecule has 0 unspecified atom stereocenters. The number of aromatic nitrogens is 2. The number of benzene rings is 1. The third kappa shape index (κ3) is 6.81. The van der Waals surface area contributed by atoms with Gasteiger partial charge in [-0.3, -0.25) is 4.79 Å². The second-order valence-electron chi connectivity index (χ2n) is 8.63. The van der Waals surface area contributed by atoms with Gasteiger partial charge in [-0.2, -0.15) is 0 Å². The lowest BCUT2D eigenvalue weighted by molar-refractivity contribution is -0.132. The molecule has 0 spiro atoms. The van der Waals surface area contributed by atoms with Crippen LogP contribution < -0.4 is 10.2 Å². The van der Waals surface area contributed by atoms with Crippen LogP contribution in [0.15, 0.2) is 36.4 Å². The Kier molecular flexibility index (Phi) is 8.88. The number of anilines is 1. The van der Waals surface area contributed by atoms with Crippen LogP contribution in [0.25, 0.3) is 11.3 Å². The Morgan fingerprint density at radius 3 is 2.42 bits per heavy atom. The molecule has 0 bridgehead atoms. The van der Waals surface area contributed by atoms with E-state index in [9.17, 15) is 9.59 Å². The third-order valence-corrected chi connectivity index (χ3v) is 5.81. The second-order valence-corrected chi connectivity index (χ2v) is 9.04. The SMILES string of the molecule is CCCNC(=O)N(CC(=O)N1CCN(c2ccc(-c3ccccc3Cl)nn2)CC1)CC(C)C. The number of hydrogen-bond acceptors (Lipinski definition) is 5. The molecule has 1 N–H and O–H groups in total. The highest BCUT2D eigenvalue weighted by Crippen LogP contribution is 2.26. The summed E-state index contributed by atoms with van der Waals surface area (Å²) in [7, 11) is 0. The van der Waals surface area contributed by atoms with E-state index in [-0.39, 0.29) is 24.4 Å². The molecule has 1 saturated heterocycles. The minimum Gasteiger partial charge on any atom is -0.352 e. The Hall–Kier alpha value is -2.87. The summed E-state index contributed by atoms with van der Waals surface area (Å²) in [5.41, 5.74) is 1.58. The van der Waals surface area contributed by atoms with Crippen molar-refractivity contribution in [3.8, 4) is 11.3 Å². The first-order chi connectivity index (χ1) is 15.9. The molecule has 2 aromatic rings. The van der Waals surface area contributed by atoms with Crippen molar-refractivity contribution in [3.05, 3.63) is 41.4 Å². The Balaban J connectivity index is 1.55. The Bertz CT molecular complexity index is 929. The normalized spacial score (nSPS) is 13.8. The molecule has 3 amide bonds. The smallest absolute Gasteiger partial charge is 0.317 e. The molecule has 1 aliphatic heterocycles. The quantitative estimate of drug-likeness (QED) is 0.635. The maximum atomic E-state index is 12.9. The molecule has 3 rings (SSSR count). The first kappa shape index (κ1) is 24.8. The summed E-state index contributed by atoms with van der Waals surface area (Å²) in [6, 6.07) is 11.2. The summed E-state index contributed by atoms with van der Waals surface area (Å²) < 4.78 is 0. The van der Waals surface area contributed by atoms with E-state index in [1.165, 1.54) is 0 Å². The number of carbonyl (C=O) groups excluding carboxylic acids is 2. The highest BCUT2D eigenvalue weighted by Gasteiger charge is 2.25. The molecule has 0 saturated carbocycles. The van der Waals surface area contributed by atoms with Gasteiger partial charge >= 0.3 is 6.03 Å². The molecule has 1 aliphatic rings. The van der Waals surface area contributed by atoms with Crippen molar-refractivity contribution in [1.29, 1.82) is 0 Å². The number of nitrogens with one attached hydrogen (secondary N) is 1. The molecule has 1 fully saturated rings. The average molecular weight is 473 g/mol. The van der Waals surface area contributed by atoms with Crippen LogP contribution in [-0.2, 0) is 4.79 Å². The van der Waals surface area contributed by atoms with E-state index in [2.05, 4.69) is 20.4 Å². The van der Waals surface area contributed by atoms with Gasteiger partial charge in [0.1, 0.15) is 6.54 Å². The summed E-state index contributed by atoms with van der Waals surface area (Å²) >= 11 is 6.26. The van der Waals surface area contributed by atoms with Crippen molar-refractivity contribution < 1.29 is 9.59 Å². The predicted molar refractivity (Wildman–Crippen MR) is 131 cm³/mol. The third-order valence-electron chi connectivity index (χ3n) is 5.48. The van der Waals surface area contributed by atoms with Gasteiger partial charge < -0.3 is 20.0 Å². The van der Waals surface area contributed by atoms with Gasteiger partial charge in [-0.15, -0.1) is 10.2 Å². The van der Waals surface area contributed by atoms with Gasteiger partial charge in [-0.25, -0.2) is 4.79 Å². The molecule has 1 aromatic carbocycles. The summed E-state index contributed by atoms with van der Waals surface area (Å²) in [6.07, 6.45) is 0.861. The Morgan fingerprint density at radius 2 is 1.82 bits per heavy atom. The minimum atomic E-state index is -0.175. The average Bonchev–Trinajstić information content (AvgIpc) is 2.82. The van der Waals surface area contributed by atoms with E-state index in [0.717, 1.165) is 23.5 Å². The van der Waals surface area contributed by atoms with Crippen LogP contribution in [0, 0.1) is 5.92 Å². The van der Waals surface area contributed by atoms with Crippen LogP contribution in [0.5, 0.6) is 0 Å². The van der Waals surface area contributed by atoms with Crippen molar-refractivity contribution >= 4 is 29.4 Å². The molecular formula is C24H33ClN6O2. The van der Waals surface area contributed by atoms with Gasteiger partial charge in [-0.1, -0.05) is 50.6 Å². The highest BCUT2D eigenvalue weighted by molar-refractivity contribution is 6.33.